The van der Waals surface area contributed by atoms with Crippen LogP contribution in [0.3, 0.4) is 0 Å². The van der Waals surface area contributed by atoms with Crippen molar-refractivity contribution in [2.24, 2.45) is 0 Å². The second kappa shape index (κ2) is 27.1. The third-order valence-corrected chi connectivity index (χ3v) is 0. The summed E-state index contributed by atoms with van der Waals surface area (Å²) in [4.78, 5) is 0. The van der Waals surface area contributed by atoms with Gasteiger partial charge < -0.3 is 0 Å². The first-order valence-corrected chi connectivity index (χ1v) is 0. The minimum atomic E-state index is 0. The van der Waals surface area contributed by atoms with Crippen molar-refractivity contribution < 1.29 is 31.1 Å². The summed E-state index contributed by atoms with van der Waals surface area (Å²) in [5.74, 6) is 0. The van der Waals surface area contributed by atoms with Crippen molar-refractivity contribution in [3.05, 3.63) is 0 Å². The van der Waals surface area contributed by atoms with Gasteiger partial charge in [0.05, 0.1) is 0 Å². The Hall–Kier alpha value is 3.18. The number of hydrogen-bond acceptors (Lipinski definition) is 0. The van der Waals surface area contributed by atoms with E-state index in [1.807, 2.05) is 0 Å². The maximum atomic E-state index is 0. The Labute approximate surface area is 98.7 Å². The van der Waals surface area contributed by atoms with Gasteiger partial charge in [0.25, 0.3) is 0 Å². The summed E-state index contributed by atoms with van der Waals surface area (Å²) in [6, 6.07) is 0. The van der Waals surface area contributed by atoms with Gasteiger partial charge in [-0.3, -0.25) is 0 Å². The molecule has 0 amide bonds. The van der Waals surface area contributed by atoms with Gasteiger partial charge >= 0.3 is 0 Å². The van der Waals surface area contributed by atoms with Crippen LogP contribution in [-0.4, -0.2) is 69.4 Å². The van der Waals surface area contributed by atoms with Gasteiger partial charge in [0, 0.05) is 31.1 Å². The fourth-order valence-electron chi connectivity index (χ4n) is 0. The van der Waals surface area contributed by atoms with Crippen LogP contribution in [0.15, 0.2) is 0 Å². The summed E-state index contributed by atoms with van der Waals surface area (Å²) in [5.41, 5.74) is 0. The van der Waals surface area contributed by atoms with Gasteiger partial charge in [0.2, 0.25) is 0 Å². The van der Waals surface area contributed by atoms with Gasteiger partial charge in [-0.1, -0.05) is 0 Å². The molecule has 0 rings (SSSR count). The summed E-state index contributed by atoms with van der Waals surface area (Å²) in [6.07, 6.45) is 0. The normalized spacial score (nSPS) is 0. The van der Waals surface area contributed by atoms with E-state index in [0.717, 1.165) is 0 Å². The molecule has 0 radical (unpaired) electrons. The zero-order valence-corrected chi connectivity index (χ0v) is 4.66. The molecular weight excluding hydrogens is 346 g/mol. The minimum absolute atomic E-state index is 0. The molecule has 0 N–H and O–H groups in total. The first-order chi connectivity index (χ1) is 0. The molecule has 0 aliphatic heterocycles. The van der Waals surface area contributed by atoms with E-state index in [4.69, 9.17) is 0 Å². The maximum Gasteiger partial charge on any atom is 0.187 e. The molecule has 0 aliphatic rings. The van der Waals surface area contributed by atoms with E-state index < -0.39 is 0 Å². The van der Waals surface area contributed by atoms with E-state index >= 15 is 0 Å². The minimum Gasteiger partial charge on any atom is 0 e. The Morgan fingerprint density at radius 1 is 0.400 bits per heavy atom. The van der Waals surface area contributed by atoms with Crippen LogP contribution in [0.4, 0.5) is 0 Å². The Morgan fingerprint density at radius 3 is 0.400 bits per heavy atom. The maximum absolute atomic E-state index is 0. The van der Waals surface area contributed by atoms with Crippen LogP contribution in [-0.2, 0) is 0 Å². The smallest absolute Gasteiger partial charge is 0 e. The molecule has 0 nitrogen and oxygen atoms in total. The average molecular weight is 358 g/mol. The average Bonchev–Trinajstić information content (AvgIpc) is 0. The van der Waals surface area contributed by atoms with Gasteiger partial charge in [0.15, 0.2) is 69.4 Å². The summed E-state index contributed by atoms with van der Waals surface area (Å²) >= 11 is 0. The van der Waals surface area contributed by atoms with Gasteiger partial charge in [-0.25, -0.2) is 0 Å². The fourth-order valence-corrected chi connectivity index (χ4v) is 0. The predicted molar refractivity (Wildman–Crippen MR) is 39.8 cm³/mol. The van der Waals surface area contributed by atoms with Crippen molar-refractivity contribution in [2.45, 2.75) is 0 Å². The molecule has 0 saturated heterocycles. The molecule has 0 aromatic rings. The quantitative estimate of drug-likeness (QED) is 0.382. The molecule has 0 aromatic heterocycles. The summed E-state index contributed by atoms with van der Waals surface area (Å²) in [6.45, 7) is 0. The molecule has 0 aliphatic carbocycles. The van der Waals surface area contributed by atoms with Crippen molar-refractivity contribution in [2.75, 3.05) is 0 Å². The zero-order chi connectivity index (χ0) is 0. The van der Waals surface area contributed by atoms with Gasteiger partial charge in [0.1, 0.15) is 0 Å². The third kappa shape index (κ3) is 19.0. The van der Waals surface area contributed by atoms with Crippen molar-refractivity contribution in [3.8, 4) is 0 Å². The van der Waals surface area contributed by atoms with E-state index in [-0.39, 0.29) is 101 Å². The van der Waals surface area contributed by atoms with Crippen LogP contribution < -0.4 is 0 Å². The van der Waals surface area contributed by atoms with E-state index in [9.17, 15) is 0 Å². The molecule has 5 heteroatoms. The van der Waals surface area contributed by atoms with E-state index in [1.165, 1.54) is 0 Å². The molecule has 0 spiro atoms. The van der Waals surface area contributed by atoms with Crippen LogP contribution in [0.5, 0.6) is 0 Å². The Balaban J connectivity index is 0. The summed E-state index contributed by atoms with van der Waals surface area (Å²) < 4.78 is 0. The molecule has 0 atom stereocenters. The first kappa shape index (κ1) is 41.7. The van der Waals surface area contributed by atoms with Gasteiger partial charge in [-0.05, 0) is 0 Å². The standard InChI is InChI=1S/4Al.U.12H. The fraction of sp³-hybridized carbons (Fsp3) is 0. The molecule has 0 unspecified atom stereocenters. The Kier molecular flexibility index (Phi) is 226. The van der Waals surface area contributed by atoms with Gasteiger partial charge in [-0.2, -0.15) is 0 Å². The zero-order valence-electron chi connectivity index (χ0n) is 0.500. The van der Waals surface area contributed by atoms with Crippen LogP contribution >= 0.6 is 0 Å². The third-order valence-electron chi connectivity index (χ3n) is 0. The van der Waals surface area contributed by atoms with E-state index in [1.54, 1.807) is 0 Å². The monoisotopic (exact) mass is 358 g/mol. The molecular formula is H12Al4U. The van der Waals surface area contributed by atoms with Crippen molar-refractivity contribution in [3.63, 3.8) is 0 Å². The molecule has 0 saturated carbocycles. The molecule has 5 heavy (non-hydrogen) atoms. The van der Waals surface area contributed by atoms with E-state index in [2.05, 4.69) is 0 Å². The Bertz CT molecular complexity index is 3.61. The van der Waals surface area contributed by atoms with Crippen molar-refractivity contribution in [1.82, 2.24) is 0 Å². The molecule has 0 bridgehead atoms. The van der Waals surface area contributed by atoms with E-state index in [0.29, 0.717) is 0 Å². The van der Waals surface area contributed by atoms with Crippen LogP contribution in [0, 0.1) is 31.1 Å². The SMILES string of the molecule is [AlH3].[AlH3].[AlH3].[AlH3].[U]. The number of hydrogen-bond donors (Lipinski definition) is 0. The van der Waals surface area contributed by atoms with Gasteiger partial charge in [-0.15, -0.1) is 0 Å². The van der Waals surface area contributed by atoms with Crippen molar-refractivity contribution in [1.29, 1.82) is 0 Å². The second-order valence-corrected chi connectivity index (χ2v) is 0. The Morgan fingerprint density at radius 2 is 0.400 bits per heavy atom. The molecule has 0 aromatic carbocycles. The second-order valence-electron chi connectivity index (χ2n) is 0. The van der Waals surface area contributed by atoms with Crippen molar-refractivity contribution >= 4 is 69.4 Å². The van der Waals surface area contributed by atoms with Crippen LogP contribution in [0.1, 0.15) is 0 Å². The predicted octanol–water partition coefficient (Wildman–Crippen LogP) is -4.74. The van der Waals surface area contributed by atoms with Crippen LogP contribution in [0.2, 0.25) is 0 Å². The first-order valence-electron chi connectivity index (χ1n) is 0. The molecule has 28 valence electrons. The van der Waals surface area contributed by atoms with Crippen LogP contribution in [0.25, 0.3) is 0 Å². The molecule has 0 heterocycles. The summed E-state index contributed by atoms with van der Waals surface area (Å²) in [7, 11) is 0. The largest absolute Gasteiger partial charge is 0.187 e. The number of rotatable bonds is 0. The summed E-state index contributed by atoms with van der Waals surface area (Å²) in [5, 5.41) is 0. The topological polar surface area (TPSA) is 0 Å². The molecule has 0 fully saturated rings.